The standard InChI is InChI=1S/C13H11N3OS/c14-11-10(8-3-1-2-4-9(8)18-11)13-15-12(16-17-13)7-5-6-7/h1-4,7H,5-6,14H2. The van der Waals surface area contributed by atoms with Crippen molar-refractivity contribution < 1.29 is 4.52 Å². The number of nitrogens with zero attached hydrogens (tertiary/aromatic N) is 2. The van der Waals surface area contributed by atoms with Gasteiger partial charge in [-0.25, -0.2) is 0 Å². The van der Waals surface area contributed by atoms with E-state index >= 15 is 0 Å². The molecule has 0 amide bonds. The van der Waals surface area contributed by atoms with Crippen LogP contribution in [-0.4, -0.2) is 10.1 Å². The van der Waals surface area contributed by atoms with E-state index in [0.717, 1.165) is 26.5 Å². The molecule has 0 radical (unpaired) electrons. The van der Waals surface area contributed by atoms with E-state index < -0.39 is 0 Å². The molecule has 5 heteroatoms. The average molecular weight is 257 g/mol. The van der Waals surface area contributed by atoms with Gasteiger partial charge in [0.15, 0.2) is 5.82 Å². The van der Waals surface area contributed by atoms with Crippen molar-refractivity contribution in [1.82, 2.24) is 10.1 Å². The summed E-state index contributed by atoms with van der Waals surface area (Å²) < 4.78 is 6.51. The molecule has 0 atom stereocenters. The fraction of sp³-hybridized carbons (Fsp3) is 0.231. The lowest BCUT2D eigenvalue weighted by Gasteiger charge is -1.93. The predicted octanol–water partition coefficient (Wildman–Crippen LogP) is 3.41. The summed E-state index contributed by atoms with van der Waals surface area (Å²) in [6.45, 7) is 0. The summed E-state index contributed by atoms with van der Waals surface area (Å²) in [6, 6.07) is 8.10. The topological polar surface area (TPSA) is 64.9 Å². The fourth-order valence-electron chi connectivity index (χ4n) is 2.13. The third kappa shape index (κ3) is 1.44. The van der Waals surface area contributed by atoms with Crippen LogP contribution in [0.4, 0.5) is 5.00 Å². The number of benzene rings is 1. The molecule has 0 saturated heterocycles. The number of fused-ring (bicyclic) bond motifs is 1. The van der Waals surface area contributed by atoms with Gasteiger partial charge in [0.2, 0.25) is 0 Å². The number of hydrogen-bond acceptors (Lipinski definition) is 5. The molecule has 0 bridgehead atoms. The normalized spacial score (nSPS) is 15.3. The molecule has 0 unspecified atom stereocenters. The van der Waals surface area contributed by atoms with E-state index in [0.29, 0.717) is 11.8 Å². The SMILES string of the molecule is Nc1sc2ccccc2c1-c1nc(C2CC2)no1. The molecule has 2 heterocycles. The van der Waals surface area contributed by atoms with Gasteiger partial charge in [0, 0.05) is 16.0 Å². The highest BCUT2D eigenvalue weighted by atomic mass is 32.1. The van der Waals surface area contributed by atoms with Gasteiger partial charge >= 0.3 is 0 Å². The first-order valence-electron chi connectivity index (χ1n) is 5.94. The van der Waals surface area contributed by atoms with Gasteiger partial charge in [0.1, 0.15) is 0 Å². The van der Waals surface area contributed by atoms with Gasteiger partial charge < -0.3 is 10.3 Å². The van der Waals surface area contributed by atoms with Gasteiger partial charge in [-0.3, -0.25) is 0 Å². The minimum Gasteiger partial charge on any atom is -0.390 e. The number of rotatable bonds is 2. The lowest BCUT2D eigenvalue weighted by atomic mass is 10.1. The van der Waals surface area contributed by atoms with E-state index in [-0.39, 0.29) is 0 Å². The highest BCUT2D eigenvalue weighted by Crippen LogP contribution is 2.42. The van der Waals surface area contributed by atoms with Crippen molar-refractivity contribution in [2.75, 3.05) is 5.73 Å². The molecular weight excluding hydrogens is 246 g/mol. The van der Waals surface area contributed by atoms with Crippen molar-refractivity contribution in [2.45, 2.75) is 18.8 Å². The first-order chi connectivity index (χ1) is 8.83. The van der Waals surface area contributed by atoms with E-state index in [4.69, 9.17) is 10.3 Å². The van der Waals surface area contributed by atoms with Gasteiger partial charge in [-0.15, -0.1) is 11.3 Å². The van der Waals surface area contributed by atoms with Crippen molar-refractivity contribution in [2.24, 2.45) is 0 Å². The number of anilines is 1. The van der Waals surface area contributed by atoms with Crippen LogP contribution in [0.5, 0.6) is 0 Å². The zero-order chi connectivity index (χ0) is 12.1. The summed E-state index contributed by atoms with van der Waals surface area (Å²) in [5, 5.41) is 5.87. The Morgan fingerprint density at radius 1 is 1.28 bits per heavy atom. The van der Waals surface area contributed by atoms with Gasteiger partial charge in [-0.05, 0) is 18.9 Å². The summed E-state index contributed by atoms with van der Waals surface area (Å²) in [5.41, 5.74) is 6.96. The maximum Gasteiger partial charge on any atom is 0.261 e. The molecular formula is C13H11N3OS. The summed E-state index contributed by atoms with van der Waals surface area (Å²) in [4.78, 5) is 4.47. The lowest BCUT2D eigenvalue weighted by Crippen LogP contribution is -1.85. The molecule has 4 rings (SSSR count). The maximum atomic E-state index is 6.08. The van der Waals surface area contributed by atoms with Crippen LogP contribution in [-0.2, 0) is 0 Å². The molecule has 18 heavy (non-hydrogen) atoms. The van der Waals surface area contributed by atoms with Crippen LogP contribution in [0, 0.1) is 0 Å². The molecule has 0 aliphatic heterocycles. The van der Waals surface area contributed by atoms with Crippen LogP contribution < -0.4 is 5.73 Å². The Labute approximate surface area is 107 Å². The van der Waals surface area contributed by atoms with Crippen molar-refractivity contribution in [3.05, 3.63) is 30.1 Å². The van der Waals surface area contributed by atoms with Gasteiger partial charge in [0.25, 0.3) is 5.89 Å². The average Bonchev–Trinajstić information content (AvgIpc) is 3.01. The third-order valence-electron chi connectivity index (χ3n) is 3.22. The molecule has 1 aromatic carbocycles. The summed E-state index contributed by atoms with van der Waals surface area (Å²) in [6.07, 6.45) is 2.33. The lowest BCUT2D eigenvalue weighted by molar-refractivity contribution is 0.423. The quantitative estimate of drug-likeness (QED) is 0.764. The van der Waals surface area contributed by atoms with Crippen molar-refractivity contribution >= 4 is 26.4 Å². The zero-order valence-electron chi connectivity index (χ0n) is 9.59. The molecule has 2 N–H and O–H groups in total. The molecule has 3 aromatic rings. The number of aromatic nitrogens is 2. The Morgan fingerprint density at radius 2 is 2.11 bits per heavy atom. The van der Waals surface area contributed by atoms with E-state index in [9.17, 15) is 0 Å². The van der Waals surface area contributed by atoms with Gasteiger partial charge in [0.05, 0.1) is 10.6 Å². The minimum absolute atomic E-state index is 0.494. The van der Waals surface area contributed by atoms with Crippen LogP contribution in [0.2, 0.25) is 0 Å². The van der Waals surface area contributed by atoms with Crippen LogP contribution in [0.25, 0.3) is 21.5 Å². The van der Waals surface area contributed by atoms with Crippen LogP contribution in [0.3, 0.4) is 0 Å². The third-order valence-corrected chi connectivity index (χ3v) is 4.22. The van der Waals surface area contributed by atoms with Crippen molar-refractivity contribution in [3.63, 3.8) is 0 Å². The fourth-order valence-corrected chi connectivity index (χ4v) is 3.09. The molecule has 90 valence electrons. The van der Waals surface area contributed by atoms with Crippen LogP contribution in [0.1, 0.15) is 24.6 Å². The molecule has 1 aliphatic rings. The molecule has 1 saturated carbocycles. The zero-order valence-corrected chi connectivity index (χ0v) is 10.4. The minimum atomic E-state index is 0.494. The Morgan fingerprint density at radius 3 is 2.94 bits per heavy atom. The summed E-state index contributed by atoms with van der Waals surface area (Å²) >= 11 is 1.56. The Bertz CT molecular complexity index is 727. The molecule has 0 spiro atoms. The number of nitrogen functional groups attached to an aromatic ring is 1. The first kappa shape index (κ1) is 10.1. The van der Waals surface area contributed by atoms with Crippen molar-refractivity contribution in [1.29, 1.82) is 0 Å². The summed E-state index contributed by atoms with van der Waals surface area (Å²) in [7, 11) is 0. The van der Waals surface area contributed by atoms with Crippen LogP contribution in [0.15, 0.2) is 28.8 Å². The molecule has 1 fully saturated rings. The predicted molar refractivity (Wildman–Crippen MR) is 71.5 cm³/mol. The second-order valence-corrected chi connectivity index (χ2v) is 5.65. The van der Waals surface area contributed by atoms with Crippen molar-refractivity contribution in [3.8, 4) is 11.5 Å². The second kappa shape index (κ2) is 3.55. The number of nitrogens with two attached hydrogens (primary N) is 1. The monoisotopic (exact) mass is 257 g/mol. The maximum absolute atomic E-state index is 6.08. The number of hydrogen-bond donors (Lipinski definition) is 1. The molecule has 4 nitrogen and oxygen atoms in total. The second-order valence-electron chi connectivity index (χ2n) is 4.57. The number of thiophene rings is 1. The highest BCUT2D eigenvalue weighted by molar-refractivity contribution is 7.23. The van der Waals surface area contributed by atoms with Gasteiger partial charge in [-0.2, -0.15) is 4.98 Å². The Balaban J connectivity index is 1.91. The molecule has 1 aliphatic carbocycles. The molecule has 2 aromatic heterocycles. The Kier molecular flexibility index (Phi) is 1.99. The summed E-state index contributed by atoms with van der Waals surface area (Å²) in [5.74, 6) is 1.86. The van der Waals surface area contributed by atoms with E-state index in [2.05, 4.69) is 16.2 Å². The highest BCUT2D eigenvalue weighted by Gasteiger charge is 2.29. The largest absolute Gasteiger partial charge is 0.390 e. The van der Waals surface area contributed by atoms with Gasteiger partial charge in [-0.1, -0.05) is 23.4 Å². The Hall–Kier alpha value is -1.88. The van der Waals surface area contributed by atoms with E-state index in [1.165, 1.54) is 12.8 Å². The van der Waals surface area contributed by atoms with E-state index in [1.54, 1.807) is 11.3 Å². The smallest absolute Gasteiger partial charge is 0.261 e. The van der Waals surface area contributed by atoms with Crippen LogP contribution >= 0.6 is 11.3 Å². The first-order valence-corrected chi connectivity index (χ1v) is 6.75. The van der Waals surface area contributed by atoms with E-state index in [1.807, 2.05) is 18.2 Å².